The summed E-state index contributed by atoms with van der Waals surface area (Å²) in [6.45, 7) is 0.911. The van der Waals surface area contributed by atoms with Gasteiger partial charge in [0.1, 0.15) is 5.82 Å². The summed E-state index contributed by atoms with van der Waals surface area (Å²) in [5, 5.41) is 0.182. The lowest BCUT2D eigenvalue weighted by molar-refractivity contribution is 0.0773. The van der Waals surface area contributed by atoms with E-state index in [1.165, 1.54) is 55.1 Å². The minimum absolute atomic E-state index is 0.0698. The van der Waals surface area contributed by atoms with Gasteiger partial charge in [0.15, 0.2) is 0 Å². The van der Waals surface area contributed by atoms with E-state index in [2.05, 4.69) is 0 Å². The number of carbonyl (C=O) groups is 1. The van der Waals surface area contributed by atoms with Crippen molar-refractivity contribution >= 4 is 38.8 Å². The quantitative estimate of drug-likeness (QED) is 0.498. The van der Waals surface area contributed by atoms with E-state index in [1.54, 1.807) is 4.90 Å². The van der Waals surface area contributed by atoms with Crippen LogP contribution in [0.3, 0.4) is 0 Å². The Balaban J connectivity index is 1.58. The van der Waals surface area contributed by atoms with Crippen LogP contribution in [0.1, 0.15) is 22.3 Å². The summed E-state index contributed by atoms with van der Waals surface area (Å²) >= 11 is 6.29. The third kappa shape index (κ3) is 4.79. The van der Waals surface area contributed by atoms with E-state index in [4.69, 9.17) is 11.6 Å². The molecule has 0 spiro atoms. The SMILES string of the molecule is CN(c1ccc(F)cc1)S(=O)(=O)c1ccc(Cl)c(C(=O)N2CC=C(c3ccccc3)CC2)c1. The van der Waals surface area contributed by atoms with Crippen molar-refractivity contribution in [2.45, 2.75) is 11.3 Å². The first kappa shape index (κ1) is 23.0. The molecule has 3 aromatic carbocycles. The lowest BCUT2D eigenvalue weighted by Crippen LogP contribution is -2.35. The molecule has 0 radical (unpaired) electrons. The van der Waals surface area contributed by atoms with Gasteiger partial charge < -0.3 is 4.90 Å². The summed E-state index contributed by atoms with van der Waals surface area (Å²) in [7, 11) is -2.61. The zero-order valence-corrected chi connectivity index (χ0v) is 19.5. The largest absolute Gasteiger partial charge is 0.335 e. The summed E-state index contributed by atoms with van der Waals surface area (Å²) in [6.07, 6.45) is 2.70. The van der Waals surface area contributed by atoms with Gasteiger partial charge in [0, 0.05) is 20.1 Å². The maximum atomic E-state index is 13.2. The molecular formula is C25H22ClFN2O3S. The summed E-state index contributed by atoms with van der Waals surface area (Å²) in [4.78, 5) is 14.8. The molecule has 170 valence electrons. The Bertz CT molecular complexity index is 1310. The van der Waals surface area contributed by atoms with Crippen molar-refractivity contribution in [3.8, 4) is 0 Å². The Labute approximate surface area is 197 Å². The smallest absolute Gasteiger partial charge is 0.264 e. The molecule has 4 rings (SSSR count). The molecule has 0 unspecified atom stereocenters. The second-order valence-corrected chi connectivity index (χ2v) is 10.1. The Morgan fingerprint density at radius 3 is 2.36 bits per heavy atom. The fourth-order valence-corrected chi connectivity index (χ4v) is 5.14. The van der Waals surface area contributed by atoms with Crippen LogP contribution in [0.4, 0.5) is 10.1 Å². The van der Waals surface area contributed by atoms with Crippen molar-refractivity contribution in [3.63, 3.8) is 0 Å². The van der Waals surface area contributed by atoms with E-state index in [-0.39, 0.29) is 21.4 Å². The maximum Gasteiger partial charge on any atom is 0.264 e. The van der Waals surface area contributed by atoms with Gasteiger partial charge in [0.25, 0.3) is 15.9 Å². The summed E-state index contributed by atoms with van der Waals surface area (Å²) < 4.78 is 40.5. The summed E-state index contributed by atoms with van der Waals surface area (Å²) in [6, 6.07) is 19.2. The first-order valence-corrected chi connectivity index (χ1v) is 12.2. The minimum Gasteiger partial charge on any atom is -0.335 e. The standard InChI is InChI=1S/C25H22ClFN2O3S/c1-28(21-9-7-20(27)8-10-21)33(31,32)22-11-12-24(26)23(17-22)25(30)29-15-13-19(14-16-29)18-5-3-2-4-6-18/h2-13,17H,14-16H2,1H3. The first-order chi connectivity index (χ1) is 15.8. The number of rotatable bonds is 5. The highest BCUT2D eigenvalue weighted by molar-refractivity contribution is 7.92. The summed E-state index contributed by atoms with van der Waals surface area (Å²) in [5.74, 6) is -0.792. The number of carbonyl (C=O) groups excluding carboxylic acids is 1. The van der Waals surface area contributed by atoms with Gasteiger partial charge in [-0.25, -0.2) is 12.8 Å². The molecular weight excluding hydrogens is 463 g/mol. The number of nitrogens with zero attached hydrogens (tertiary/aromatic N) is 2. The predicted molar refractivity (Wildman–Crippen MR) is 128 cm³/mol. The number of amides is 1. The van der Waals surface area contributed by atoms with Gasteiger partial charge in [0.05, 0.1) is 21.2 Å². The normalized spacial score (nSPS) is 14.0. The average Bonchev–Trinajstić information content (AvgIpc) is 2.84. The molecule has 0 saturated carbocycles. The van der Waals surface area contributed by atoms with Crippen LogP contribution in [0.25, 0.3) is 5.57 Å². The highest BCUT2D eigenvalue weighted by atomic mass is 35.5. The van der Waals surface area contributed by atoms with Crippen LogP contribution < -0.4 is 4.31 Å². The molecule has 0 atom stereocenters. The summed E-state index contributed by atoms with van der Waals surface area (Å²) in [5.41, 5.74) is 2.72. The average molecular weight is 485 g/mol. The van der Waals surface area contributed by atoms with E-state index < -0.39 is 15.8 Å². The first-order valence-electron chi connectivity index (χ1n) is 10.3. The minimum atomic E-state index is -3.98. The molecule has 8 heteroatoms. The van der Waals surface area contributed by atoms with Crippen LogP contribution in [-0.2, 0) is 10.0 Å². The number of sulfonamides is 1. The predicted octanol–water partition coefficient (Wildman–Crippen LogP) is 5.23. The van der Waals surface area contributed by atoms with E-state index in [1.807, 2.05) is 36.4 Å². The van der Waals surface area contributed by atoms with Crippen molar-refractivity contribution in [2.24, 2.45) is 0 Å². The van der Waals surface area contributed by atoms with E-state index in [0.29, 0.717) is 25.2 Å². The lowest BCUT2D eigenvalue weighted by Gasteiger charge is -2.27. The van der Waals surface area contributed by atoms with E-state index in [0.717, 1.165) is 9.87 Å². The molecule has 3 aromatic rings. The molecule has 5 nitrogen and oxygen atoms in total. The fourth-order valence-electron chi connectivity index (χ4n) is 3.72. The van der Waals surface area contributed by atoms with Crippen LogP contribution >= 0.6 is 11.6 Å². The zero-order valence-electron chi connectivity index (χ0n) is 17.9. The molecule has 33 heavy (non-hydrogen) atoms. The third-order valence-corrected chi connectivity index (χ3v) is 7.77. The van der Waals surface area contributed by atoms with Crippen LogP contribution in [0.15, 0.2) is 83.8 Å². The van der Waals surface area contributed by atoms with Crippen molar-refractivity contribution < 1.29 is 17.6 Å². The molecule has 1 aliphatic heterocycles. The number of hydrogen-bond acceptors (Lipinski definition) is 3. The van der Waals surface area contributed by atoms with Gasteiger partial charge >= 0.3 is 0 Å². The van der Waals surface area contributed by atoms with Gasteiger partial charge in [-0.2, -0.15) is 0 Å². The number of benzene rings is 3. The third-order valence-electron chi connectivity index (χ3n) is 5.66. The maximum absolute atomic E-state index is 13.2. The molecule has 0 bridgehead atoms. The van der Waals surface area contributed by atoms with Gasteiger partial charge in [-0.05, 0) is 60.0 Å². The van der Waals surface area contributed by atoms with Gasteiger partial charge in [-0.1, -0.05) is 48.0 Å². The highest BCUT2D eigenvalue weighted by Crippen LogP contribution is 2.28. The Morgan fingerprint density at radius 2 is 1.73 bits per heavy atom. The van der Waals surface area contributed by atoms with Crippen LogP contribution in [-0.4, -0.2) is 39.4 Å². The zero-order chi connectivity index (χ0) is 23.6. The van der Waals surface area contributed by atoms with Crippen molar-refractivity contribution in [2.75, 3.05) is 24.4 Å². The number of halogens is 2. The number of anilines is 1. The van der Waals surface area contributed by atoms with Crippen molar-refractivity contribution in [3.05, 3.63) is 101 Å². The monoisotopic (exact) mass is 484 g/mol. The molecule has 0 aromatic heterocycles. The molecule has 0 saturated heterocycles. The Morgan fingerprint density at radius 1 is 1.03 bits per heavy atom. The van der Waals surface area contributed by atoms with Crippen LogP contribution in [0, 0.1) is 5.82 Å². The Kier molecular flexibility index (Phi) is 6.54. The van der Waals surface area contributed by atoms with Gasteiger partial charge in [-0.3, -0.25) is 9.10 Å². The second-order valence-electron chi connectivity index (χ2n) is 7.69. The molecule has 0 aliphatic carbocycles. The van der Waals surface area contributed by atoms with E-state index >= 15 is 0 Å². The van der Waals surface area contributed by atoms with Crippen molar-refractivity contribution in [1.29, 1.82) is 0 Å². The number of hydrogen-bond donors (Lipinski definition) is 0. The molecule has 1 amide bonds. The lowest BCUT2D eigenvalue weighted by atomic mass is 9.99. The molecule has 0 fully saturated rings. The Hall–Kier alpha value is -3.16. The van der Waals surface area contributed by atoms with Crippen molar-refractivity contribution in [1.82, 2.24) is 4.90 Å². The molecule has 1 aliphatic rings. The van der Waals surface area contributed by atoms with E-state index in [9.17, 15) is 17.6 Å². The topological polar surface area (TPSA) is 57.7 Å². The molecule has 1 heterocycles. The van der Waals surface area contributed by atoms with Gasteiger partial charge in [0.2, 0.25) is 0 Å². The highest BCUT2D eigenvalue weighted by Gasteiger charge is 2.26. The van der Waals surface area contributed by atoms with Crippen LogP contribution in [0.2, 0.25) is 5.02 Å². The molecule has 0 N–H and O–H groups in total. The fraction of sp³-hybridized carbons (Fsp3) is 0.160. The second kappa shape index (κ2) is 9.37. The van der Waals surface area contributed by atoms with Crippen LogP contribution in [0.5, 0.6) is 0 Å². The van der Waals surface area contributed by atoms with Gasteiger partial charge in [-0.15, -0.1) is 0 Å².